The first-order valence-electron chi connectivity index (χ1n) is 7.52. The number of amides is 1. The smallest absolute Gasteiger partial charge is 0.266 e. The van der Waals surface area contributed by atoms with Crippen molar-refractivity contribution in [2.75, 3.05) is 0 Å². The van der Waals surface area contributed by atoms with E-state index in [2.05, 4.69) is 0 Å². The monoisotopic (exact) mass is 360 g/mol. The normalized spacial score (nSPS) is 18.6. The quantitative estimate of drug-likeness (QED) is 0.597. The van der Waals surface area contributed by atoms with Crippen LogP contribution in [0, 0.1) is 5.92 Å². The van der Waals surface area contributed by atoms with E-state index in [0.717, 1.165) is 27.8 Å². The molecule has 1 fully saturated rings. The Hall–Kier alpha value is -1.92. The number of thiocarbonyl (C=S) groups is 1. The summed E-state index contributed by atoms with van der Waals surface area (Å²) in [5.74, 6) is -1.97. The van der Waals surface area contributed by atoms with Crippen LogP contribution in [-0.4, -0.2) is 27.1 Å². The van der Waals surface area contributed by atoms with Gasteiger partial charge in [-0.15, -0.1) is 0 Å². The van der Waals surface area contributed by atoms with Crippen LogP contribution in [0.25, 0.3) is 6.08 Å². The summed E-state index contributed by atoms with van der Waals surface area (Å²) in [7, 11) is 0. The maximum absolute atomic E-state index is 12.6. The van der Waals surface area contributed by atoms with Gasteiger partial charge in [-0.05, 0) is 30.1 Å². The van der Waals surface area contributed by atoms with E-state index < -0.39 is 12.0 Å². The molecule has 1 aliphatic rings. The van der Waals surface area contributed by atoms with Gasteiger partial charge in [-0.1, -0.05) is 74.2 Å². The summed E-state index contributed by atoms with van der Waals surface area (Å²) >= 11 is 6.33. The number of allylic oxidation sites excluding steroid dienone is 2. The number of benzene rings is 1. The van der Waals surface area contributed by atoms with Crippen molar-refractivity contribution in [3.8, 4) is 0 Å². The third kappa shape index (κ3) is 4.13. The van der Waals surface area contributed by atoms with Crippen molar-refractivity contribution in [2.45, 2.75) is 26.8 Å². The standard InChI is InChI=1S/C18H19NO3S2/c1-11(2)15(17(21)22)19-16(20)14(24-18(19)23)10-12(3)9-13-7-5-4-6-8-13/h4-11,15H,1-3H3,(H,21,22)/p-1/b12-9+,14-10-/t15-/m0/s1. The Morgan fingerprint density at radius 3 is 2.46 bits per heavy atom. The van der Waals surface area contributed by atoms with Crippen molar-refractivity contribution in [1.82, 2.24) is 4.90 Å². The first-order chi connectivity index (χ1) is 11.3. The number of aliphatic carboxylic acids is 1. The van der Waals surface area contributed by atoms with Gasteiger partial charge in [0.25, 0.3) is 5.91 Å². The van der Waals surface area contributed by atoms with Crippen LogP contribution in [0.4, 0.5) is 0 Å². The predicted octanol–water partition coefficient (Wildman–Crippen LogP) is 2.61. The molecule has 2 rings (SSSR count). The van der Waals surface area contributed by atoms with Crippen molar-refractivity contribution >= 4 is 46.3 Å². The van der Waals surface area contributed by atoms with E-state index in [1.165, 1.54) is 0 Å². The van der Waals surface area contributed by atoms with Crippen LogP contribution in [0.15, 0.2) is 46.9 Å². The van der Waals surface area contributed by atoms with Gasteiger partial charge in [-0.25, -0.2) is 0 Å². The SMILES string of the molecule is CC(/C=C1\SC(=S)N([C@H](C(=O)[O-])C(C)C)C1=O)=C\c1ccccc1. The number of hydrogen-bond acceptors (Lipinski definition) is 5. The van der Waals surface area contributed by atoms with Gasteiger partial charge in [-0.2, -0.15) is 0 Å². The summed E-state index contributed by atoms with van der Waals surface area (Å²) in [4.78, 5) is 25.6. The fourth-order valence-electron chi connectivity index (χ4n) is 2.46. The third-order valence-electron chi connectivity index (χ3n) is 3.53. The average molecular weight is 360 g/mol. The van der Waals surface area contributed by atoms with Gasteiger partial charge in [0.2, 0.25) is 0 Å². The Balaban J connectivity index is 2.28. The second kappa shape index (κ2) is 7.77. The van der Waals surface area contributed by atoms with Crippen molar-refractivity contribution in [3.05, 3.63) is 52.4 Å². The number of hydrogen-bond donors (Lipinski definition) is 0. The molecule has 0 spiro atoms. The molecule has 1 saturated heterocycles. The molecule has 1 aliphatic heterocycles. The van der Waals surface area contributed by atoms with E-state index in [1.54, 1.807) is 19.9 Å². The number of carboxylic acid groups (broad SMARTS) is 1. The third-order valence-corrected chi connectivity index (χ3v) is 4.86. The Labute approximate surface area is 151 Å². The lowest BCUT2D eigenvalue weighted by Gasteiger charge is -2.30. The molecule has 0 radical (unpaired) electrons. The molecule has 6 heteroatoms. The zero-order chi connectivity index (χ0) is 17.9. The number of thioether (sulfide) groups is 1. The summed E-state index contributed by atoms with van der Waals surface area (Å²) in [5, 5.41) is 11.4. The highest BCUT2D eigenvalue weighted by molar-refractivity contribution is 8.26. The highest BCUT2D eigenvalue weighted by atomic mass is 32.2. The number of nitrogens with zero attached hydrogens (tertiary/aromatic N) is 1. The van der Waals surface area contributed by atoms with E-state index >= 15 is 0 Å². The number of rotatable bonds is 5. The Kier molecular flexibility index (Phi) is 5.96. The fraction of sp³-hybridized carbons (Fsp3) is 0.278. The van der Waals surface area contributed by atoms with Gasteiger partial charge in [0.15, 0.2) is 0 Å². The zero-order valence-electron chi connectivity index (χ0n) is 13.7. The molecule has 1 aromatic carbocycles. The van der Waals surface area contributed by atoms with Crippen molar-refractivity contribution < 1.29 is 14.7 Å². The lowest BCUT2D eigenvalue weighted by Crippen LogP contribution is -2.52. The van der Waals surface area contributed by atoms with Crippen LogP contribution in [0.5, 0.6) is 0 Å². The first kappa shape index (κ1) is 18.4. The summed E-state index contributed by atoms with van der Waals surface area (Å²) in [6.07, 6.45) is 3.68. The number of carbonyl (C=O) groups excluding carboxylic acids is 2. The molecule has 0 bridgehead atoms. The molecule has 0 saturated carbocycles. The van der Waals surface area contributed by atoms with E-state index in [1.807, 2.05) is 43.3 Å². The molecule has 1 aromatic rings. The molecule has 0 N–H and O–H groups in total. The fourth-order valence-corrected chi connectivity index (χ4v) is 3.84. The summed E-state index contributed by atoms with van der Waals surface area (Å²) in [6, 6.07) is 8.68. The number of carboxylic acids is 1. The molecule has 1 amide bonds. The Morgan fingerprint density at radius 1 is 1.29 bits per heavy atom. The Bertz CT molecular complexity index is 723. The molecule has 0 unspecified atom stereocenters. The van der Waals surface area contributed by atoms with Crippen LogP contribution in [0.2, 0.25) is 0 Å². The van der Waals surface area contributed by atoms with Crippen LogP contribution in [0.1, 0.15) is 26.3 Å². The average Bonchev–Trinajstić information content (AvgIpc) is 2.75. The van der Waals surface area contributed by atoms with Gasteiger partial charge < -0.3 is 9.90 Å². The maximum atomic E-state index is 12.6. The maximum Gasteiger partial charge on any atom is 0.266 e. The zero-order valence-corrected chi connectivity index (χ0v) is 15.3. The highest BCUT2D eigenvalue weighted by Crippen LogP contribution is 2.34. The minimum absolute atomic E-state index is 0.252. The van der Waals surface area contributed by atoms with Gasteiger partial charge in [-0.3, -0.25) is 9.69 Å². The summed E-state index contributed by atoms with van der Waals surface area (Å²) in [5.41, 5.74) is 1.91. The van der Waals surface area contributed by atoms with Crippen LogP contribution in [-0.2, 0) is 9.59 Å². The molecule has 126 valence electrons. The molecule has 4 nitrogen and oxygen atoms in total. The summed E-state index contributed by atoms with van der Waals surface area (Å²) < 4.78 is 0.252. The van der Waals surface area contributed by atoms with E-state index in [9.17, 15) is 14.7 Å². The summed E-state index contributed by atoms with van der Waals surface area (Å²) in [6.45, 7) is 5.34. The first-order valence-corrected chi connectivity index (χ1v) is 8.75. The van der Waals surface area contributed by atoms with E-state index in [4.69, 9.17) is 12.2 Å². The van der Waals surface area contributed by atoms with Gasteiger partial charge in [0.05, 0.1) is 16.9 Å². The van der Waals surface area contributed by atoms with Crippen molar-refractivity contribution in [1.29, 1.82) is 0 Å². The molecule has 0 aromatic heterocycles. The van der Waals surface area contributed by atoms with Crippen molar-refractivity contribution in [2.24, 2.45) is 5.92 Å². The molecule has 1 atom stereocenters. The molecule has 24 heavy (non-hydrogen) atoms. The topological polar surface area (TPSA) is 60.4 Å². The lowest BCUT2D eigenvalue weighted by molar-refractivity contribution is -0.311. The molecular formula is C18H18NO3S2-. The van der Waals surface area contributed by atoms with Crippen molar-refractivity contribution in [3.63, 3.8) is 0 Å². The highest BCUT2D eigenvalue weighted by Gasteiger charge is 2.38. The Morgan fingerprint density at radius 2 is 1.92 bits per heavy atom. The van der Waals surface area contributed by atoms with Crippen LogP contribution in [0.3, 0.4) is 0 Å². The molecule has 0 aliphatic carbocycles. The molecular weight excluding hydrogens is 342 g/mol. The minimum atomic E-state index is -1.29. The number of carbonyl (C=O) groups is 2. The second-order valence-electron chi connectivity index (χ2n) is 5.86. The van der Waals surface area contributed by atoms with Crippen LogP contribution < -0.4 is 5.11 Å². The van der Waals surface area contributed by atoms with E-state index in [0.29, 0.717) is 4.91 Å². The predicted molar refractivity (Wildman–Crippen MR) is 98.8 cm³/mol. The van der Waals surface area contributed by atoms with Gasteiger partial charge in [0, 0.05) is 0 Å². The van der Waals surface area contributed by atoms with Gasteiger partial charge in [0.1, 0.15) is 4.32 Å². The largest absolute Gasteiger partial charge is 0.548 e. The second-order valence-corrected chi connectivity index (χ2v) is 7.53. The molecule has 1 heterocycles. The minimum Gasteiger partial charge on any atom is -0.548 e. The lowest BCUT2D eigenvalue weighted by atomic mass is 10.0. The van der Waals surface area contributed by atoms with E-state index in [-0.39, 0.29) is 16.1 Å². The van der Waals surface area contributed by atoms with Crippen LogP contribution >= 0.6 is 24.0 Å². The van der Waals surface area contributed by atoms with Gasteiger partial charge >= 0.3 is 0 Å².